The lowest BCUT2D eigenvalue weighted by Crippen LogP contribution is -1.94. The van der Waals surface area contributed by atoms with Crippen molar-refractivity contribution in [2.24, 2.45) is 0 Å². The summed E-state index contributed by atoms with van der Waals surface area (Å²) >= 11 is 0. The molecule has 0 aliphatic carbocycles. The van der Waals surface area contributed by atoms with Crippen LogP contribution in [0, 0.1) is 13.8 Å². The second-order valence-corrected chi connectivity index (χ2v) is 11.0. The minimum absolute atomic E-state index is 0.897. The van der Waals surface area contributed by atoms with Crippen LogP contribution in [0.4, 0.5) is 0 Å². The molecule has 6 nitrogen and oxygen atoms in total. The first-order valence-corrected chi connectivity index (χ1v) is 14.5. The second kappa shape index (κ2) is 10.4. The van der Waals surface area contributed by atoms with Crippen LogP contribution in [0.2, 0.25) is 0 Å². The summed E-state index contributed by atoms with van der Waals surface area (Å²) in [5.41, 5.74) is 12.3. The predicted octanol–water partition coefficient (Wildman–Crippen LogP) is 8.80. The van der Waals surface area contributed by atoms with E-state index in [0.29, 0.717) is 0 Å². The van der Waals surface area contributed by atoms with Crippen LogP contribution in [-0.2, 0) is 0 Å². The highest BCUT2D eigenvalue weighted by atomic mass is 14.8. The van der Waals surface area contributed by atoms with E-state index in [1.807, 2.05) is 12.1 Å². The summed E-state index contributed by atoms with van der Waals surface area (Å²) in [6.45, 7) is 4.12. The number of nitrogens with zero attached hydrogens (tertiary/aromatic N) is 6. The molecule has 0 amide bonds. The lowest BCUT2D eigenvalue weighted by atomic mass is 9.93. The zero-order valence-corrected chi connectivity index (χ0v) is 24.2. The van der Waals surface area contributed by atoms with Crippen molar-refractivity contribution in [3.05, 3.63) is 133 Å². The Labute approximate surface area is 254 Å². The number of benzene rings is 4. The van der Waals surface area contributed by atoms with E-state index in [4.69, 9.17) is 9.97 Å². The van der Waals surface area contributed by atoms with Gasteiger partial charge in [0.25, 0.3) is 0 Å². The Morgan fingerprint density at radius 2 is 0.864 bits per heavy atom. The molecule has 44 heavy (non-hydrogen) atoms. The van der Waals surface area contributed by atoms with Gasteiger partial charge in [-0.3, -0.25) is 9.97 Å². The molecule has 0 saturated carbocycles. The number of aromatic nitrogens is 6. The zero-order valence-electron chi connectivity index (χ0n) is 24.2. The molecule has 208 valence electrons. The first kappa shape index (κ1) is 25.8. The number of aryl methyl sites for hydroxylation is 2. The summed E-state index contributed by atoms with van der Waals surface area (Å²) in [4.78, 5) is 27.2. The molecular weight excluding hydrogens is 540 g/mol. The number of rotatable bonds is 4. The normalized spacial score (nSPS) is 11.4. The smallest absolute Gasteiger partial charge is 0.116 e. The highest BCUT2D eigenvalue weighted by molar-refractivity contribution is 6.19. The number of hydrogen-bond acceptors (Lipinski definition) is 6. The van der Waals surface area contributed by atoms with Crippen molar-refractivity contribution in [2.75, 3.05) is 0 Å². The van der Waals surface area contributed by atoms with Gasteiger partial charge in [0.1, 0.15) is 12.7 Å². The van der Waals surface area contributed by atoms with Crippen molar-refractivity contribution in [3.63, 3.8) is 0 Å². The van der Waals surface area contributed by atoms with Gasteiger partial charge >= 0.3 is 0 Å². The van der Waals surface area contributed by atoms with E-state index in [0.717, 1.165) is 88.7 Å². The first-order chi connectivity index (χ1) is 21.6. The average Bonchev–Trinajstić information content (AvgIpc) is 3.08. The average molecular weight is 567 g/mol. The monoisotopic (exact) mass is 566 g/mol. The Hall–Kier alpha value is -5.88. The predicted molar refractivity (Wildman–Crippen MR) is 177 cm³/mol. The Balaban J connectivity index is 1.31. The maximum atomic E-state index is 5.07. The molecule has 8 rings (SSSR count). The number of fused-ring (bicyclic) bond motifs is 5. The van der Waals surface area contributed by atoms with E-state index in [-0.39, 0.29) is 0 Å². The fourth-order valence-electron chi connectivity index (χ4n) is 6.13. The van der Waals surface area contributed by atoms with Crippen LogP contribution in [0.5, 0.6) is 0 Å². The molecule has 6 heteroatoms. The van der Waals surface area contributed by atoms with E-state index in [9.17, 15) is 0 Å². The summed E-state index contributed by atoms with van der Waals surface area (Å²) in [5, 5.41) is 4.39. The van der Waals surface area contributed by atoms with Gasteiger partial charge < -0.3 is 0 Å². The minimum atomic E-state index is 0.897. The highest BCUT2D eigenvalue weighted by Crippen LogP contribution is 2.39. The lowest BCUT2D eigenvalue weighted by Gasteiger charge is -2.14. The minimum Gasteiger partial charge on any atom is -0.252 e. The van der Waals surface area contributed by atoms with Crippen LogP contribution in [0.1, 0.15) is 11.4 Å². The molecule has 0 fully saturated rings. The molecule has 0 unspecified atom stereocenters. The Morgan fingerprint density at radius 3 is 1.30 bits per heavy atom. The van der Waals surface area contributed by atoms with E-state index >= 15 is 0 Å². The van der Waals surface area contributed by atoms with Crippen LogP contribution < -0.4 is 0 Å². The van der Waals surface area contributed by atoms with Gasteiger partial charge in [0.15, 0.2) is 0 Å². The third kappa shape index (κ3) is 4.44. The molecule has 0 spiro atoms. The van der Waals surface area contributed by atoms with Crippen molar-refractivity contribution in [1.29, 1.82) is 0 Å². The summed E-state index contributed by atoms with van der Waals surface area (Å²) in [6, 6.07) is 34.0. The maximum Gasteiger partial charge on any atom is 0.116 e. The quantitative estimate of drug-likeness (QED) is 0.198. The van der Waals surface area contributed by atoms with Crippen LogP contribution in [0.3, 0.4) is 0 Å². The molecule has 0 atom stereocenters. The van der Waals surface area contributed by atoms with Crippen molar-refractivity contribution >= 4 is 32.6 Å². The highest BCUT2D eigenvalue weighted by Gasteiger charge is 2.15. The lowest BCUT2D eigenvalue weighted by molar-refractivity contribution is 1.17. The Bertz CT molecular complexity index is 2180. The van der Waals surface area contributed by atoms with Crippen LogP contribution in [0.25, 0.3) is 77.3 Å². The molecule has 4 heterocycles. The molecule has 8 aromatic rings. The molecule has 0 saturated heterocycles. The van der Waals surface area contributed by atoms with Crippen molar-refractivity contribution < 1.29 is 0 Å². The van der Waals surface area contributed by atoms with Gasteiger partial charge in [-0.05, 0) is 72.5 Å². The van der Waals surface area contributed by atoms with Crippen molar-refractivity contribution in [1.82, 2.24) is 29.9 Å². The van der Waals surface area contributed by atoms with Gasteiger partial charge in [-0.25, -0.2) is 19.9 Å². The molecule has 0 aliphatic rings. The zero-order chi connectivity index (χ0) is 29.6. The number of hydrogen-bond donors (Lipinski definition) is 0. The molecule has 0 N–H and O–H groups in total. The maximum absolute atomic E-state index is 5.07. The van der Waals surface area contributed by atoms with Gasteiger partial charge in [-0.1, -0.05) is 60.7 Å². The van der Waals surface area contributed by atoms with Crippen LogP contribution >= 0.6 is 0 Å². The second-order valence-electron chi connectivity index (χ2n) is 11.0. The third-order valence-electron chi connectivity index (χ3n) is 8.11. The summed E-state index contributed by atoms with van der Waals surface area (Å²) in [5.74, 6) is 0. The van der Waals surface area contributed by atoms with Gasteiger partial charge in [0, 0.05) is 56.5 Å². The van der Waals surface area contributed by atoms with Crippen LogP contribution in [-0.4, -0.2) is 29.9 Å². The molecule has 4 aromatic heterocycles. The topological polar surface area (TPSA) is 77.3 Å². The third-order valence-corrected chi connectivity index (χ3v) is 8.11. The molecule has 0 aliphatic heterocycles. The summed E-state index contributed by atoms with van der Waals surface area (Å²) < 4.78 is 0. The standard InChI is InChI=1S/C38H26N6/c1-23-17-33(25-5-3-7-27(19-25)35-13-15-39-21-41-35)31-11-10-30-29(37(31)43-23)9-12-32-34(18-24(2)44-38(30)32)26-6-4-8-28(20-26)36-14-16-40-22-42-36/h3-22H,1-2H3. The van der Waals surface area contributed by atoms with Crippen LogP contribution in [0.15, 0.2) is 122 Å². The number of pyridine rings is 2. The summed E-state index contributed by atoms with van der Waals surface area (Å²) in [6.07, 6.45) is 6.71. The van der Waals surface area contributed by atoms with Gasteiger partial charge in [-0.15, -0.1) is 0 Å². The molecule has 0 bridgehead atoms. The van der Waals surface area contributed by atoms with E-state index < -0.39 is 0 Å². The first-order valence-electron chi connectivity index (χ1n) is 14.5. The Morgan fingerprint density at radius 1 is 0.432 bits per heavy atom. The SMILES string of the molecule is Cc1cc(-c2cccc(-c3ccncn3)c2)c2ccc3c(ccc4c(-c5cccc(-c6ccncn6)c5)cc(C)nc43)c2n1. The van der Waals surface area contributed by atoms with Gasteiger partial charge in [0.2, 0.25) is 0 Å². The fourth-order valence-corrected chi connectivity index (χ4v) is 6.13. The van der Waals surface area contributed by atoms with Gasteiger partial charge in [0.05, 0.1) is 22.4 Å². The van der Waals surface area contributed by atoms with E-state index in [1.165, 1.54) is 0 Å². The van der Waals surface area contributed by atoms with Crippen molar-refractivity contribution in [2.45, 2.75) is 13.8 Å². The summed E-state index contributed by atoms with van der Waals surface area (Å²) in [7, 11) is 0. The Kier molecular flexibility index (Phi) is 6.12. The van der Waals surface area contributed by atoms with E-state index in [1.54, 1.807) is 25.0 Å². The van der Waals surface area contributed by atoms with E-state index in [2.05, 4.69) is 119 Å². The van der Waals surface area contributed by atoms with Crippen molar-refractivity contribution in [3.8, 4) is 44.8 Å². The fraction of sp³-hybridized carbons (Fsp3) is 0.0526. The van der Waals surface area contributed by atoms with Gasteiger partial charge in [-0.2, -0.15) is 0 Å². The molecule has 0 radical (unpaired) electrons. The molecular formula is C38H26N6. The molecule has 4 aromatic carbocycles. The largest absolute Gasteiger partial charge is 0.252 e.